The molecule has 0 spiro atoms. The van der Waals surface area contributed by atoms with E-state index in [0.717, 1.165) is 92.7 Å². The van der Waals surface area contributed by atoms with Crippen LogP contribution in [0.25, 0.3) is 0 Å². The zero-order valence-corrected chi connectivity index (χ0v) is 51.1. The van der Waals surface area contributed by atoms with Gasteiger partial charge in [-0.2, -0.15) is 50.0 Å². The van der Waals surface area contributed by atoms with E-state index in [2.05, 4.69) is 10.1 Å². The number of nitrogens with zero attached hydrogens (tertiary/aromatic N) is 2. The molecule has 98 heavy (non-hydrogen) atoms. The molecule has 2 aliphatic rings. The number of Topliss-reactive ketones (excluding diaryl/α,β-unsaturated/α-hetero) is 2. The molecule has 6 aromatic carbocycles. The van der Waals surface area contributed by atoms with Crippen LogP contribution >= 0.6 is 0 Å². The van der Waals surface area contributed by atoms with Crippen LogP contribution in [0.15, 0.2) is 164 Å². The van der Waals surface area contributed by atoms with Gasteiger partial charge in [0.15, 0.2) is 5.78 Å². The van der Waals surface area contributed by atoms with E-state index >= 15 is 0 Å². The predicted molar refractivity (Wildman–Crippen MR) is 323 cm³/mol. The van der Waals surface area contributed by atoms with Crippen molar-refractivity contribution in [1.29, 1.82) is 10.5 Å². The Morgan fingerprint density at radius 1 is 0.520 bits per heavy atom. The molecular weight excluding hydrogens is 1340 g/mol. The van der Waals surface area contributed by atoms with Crippen molar-refractivity contribution in [1.82, 2.24) is 10.6 Å². The normalized spacial score (nSPS) is 15.3. The van der Waals surface area contributed by atoms with E-state index in [0.29, 0.717) is 18.4 Å². The monoisotopic (exact) mass is 1410 g/mol. The Kier molecular flexibility index (Phi) is 30.7. The highest BCUT2D eigenvalue weighted by Gasteiger charge is 2.50. The Morgan fingerprint density at radius 3 is 1.14 bits per heavy atom. The van der Waals surface area contributed by atoms with Gasteiger partial charge in [-0.1, -0.05) is 123 Å². The SMILES string of the molecule is C.COC(=O)[C@@H](N)CC(F)(F)Cc1ccccc1.N#CC1(CC(=O)[C@H](CC(F)(F)Cc2ccccc2)N[C@@H](c2ccc(F)cc2)C(F)(F)F)CC1.N#CC1(N)CC1.O=C(O)[C@H](CC(F)(F)Cc1ccccc1)N[C@@H](c1ccc(F)cc1)C(F)(F)F.O=C(c1ccc(F)cc1)C(F)(F)F. The quantitative estimate of drug-likeness (QED) is 0.0217. The summed E-state index contributed by atoms with van der Waals surface area (Å²) in [6, 6.07) is 27.0. The van der Waals surface area contributed by atoms with Crippen LogP contribution in [0.1, 0.15) is 109 Å². The van der Waals surface area contributed by atoms with Crippen LogP contribution in [0.2, 0.25) is 0 Å². The van der Waals surface area contributed by atoms with E-state index in [-0.39, 0.29) is 18.6 Å². The third-order valence-corrected chi connectivity index (χ3v) is 14.4. The summed E-state index contributed by atoms with van der Waals surface area (Å²) in [7, 11) is 1.12. The number of nitrogens with one attached hydrogen (secondary N) is 2. The number of alkyl halides is 15. The summed E-state index contributed by atoms with van der Waals surface area (Å²) in [6.07, 6.45) is -17.9. The van der Waals surface area contributed by atoms with Crippen LogP contribution in [0, 0.1) is 45.5 Å². The second kappa shape index (κ2) is 36.1. The summed E-state index contributed by atoms with van der Waals surface area (Å²) in [5, 5.41) is 30.3. The Labute approximate surface area is 552 Å². The highest BCUT2D eigenvalue weighted by atomic mass is 19.4. The molecule has 8 rings (SSSR count). The Bertz CT molecular complexity index is 3550. The topological polar surface area (TPSA) is 221 Å². The van der Waals surface area contributed by atoms with Gasteiger partial charge in [0.05, 0.1) is 30.7 Å². The zero-order chi connectivity index (χ0) is 72.8. The maximum Gasteiger partial charge on any atom is 0.454 e. The van der Waals surface area contributed by atoms with Gasteiger partial charge in [-0.3, -0.25) is 29.8 Å². The van der Waals surface area contributed by atoms with Crippen molar-refractivity contribution < 1.29 is 108 Å². The van der Waals surface area contributed by atoms with E-state index < -0.39 is 180 Å². The largest absolute Gasteiger partial charge is 0.480 e. The number of carbonyl (C=O) groups is 4. The molecule has 5 atom stereocenters. The first-order valence-electron chi connectivity index (χ1n) is 29.0. The number of nitriles is 2. The van der Waals surface area contributed by atoms with Gasteiger partial charge in [0.25, 0.3) is 23.6 Å². The number of rotatable bonds is 24. The minimum atomic E-state index is -4.97. The average Bonchev–Trinajstić information content (AvgIpc) is 1.66. The van der Waals surface area contributed by atoms with Gasteiger partial charge >= 0.3 is 30.5 Å². The maximum atomic E-state index is 14.9. The van der Waals surface area contributed by atoms with Crippen molar-refractivity contribution in [2.24, 2.45) is 16.9 Å². The lowest BCUT2D eigenvalue weighted by Gasteiger charge is -2.30. The molecule has 532 valence electrons. The van der Waals surface area contributed by atoms with Crippen LogP contribution in [0.5, 0.6) is 0 Å². The first-order valence-corrected chi connectivity index (χ1v) is 29.0. The number of hydrogen-bond donors (Lipinski definition) is 5. The molecule has 7 N–H and O–H groups in total. The lowest BCUT2D eigenvalue weighted by molar-refractivity contribution is -0.166. The molecule has 2 fully saturated rings. The van der Waals surface area contributed by atoms with Gasteiger partial charge < -0.3 is 21.3 Å². The number of halogens is 18. The number of benzene rings is 6. The van der Waals surface area contributed by atoms with Gasteiger partial charge in [-0.05, 0) is 102 Å². The molecule has 0 bridgehead atoms. The highest BCUT2D eigenvalue weighted by Crippen LogP contribution is 2.49. The summed E-state index contributed by atoms with van der Waals surface area (Å²) in [6.45, 7) is 0. The smallest absolute Gasteiger partial charge is 0.454 e. The Morgan fingerprint density at radius 2 is 0.857 bits per heavy atom. The third kappa shape index (κ3) is 29.5. The summed E-state index contributed by atoms with van der Waals surface area (Å²) in [5.74, 6) is -17.8. The lowest BCUT2D eigenvalue weighted by atomic mass is 9.91. The van der Waals surface area contributed by atoms with Crippen LogP contribution in [0.4, 0.5) is 79.0 Å². The number of nitrogens with two attached hydrogens (primary N) is 2. The molecule has 0 radical (unpaired) electrons. The Balaban J connectivity index is 0.000000345. The number of hydrogen-bond acceptors (Lipinski definition) is 11. The van der Waals surface area contributed by atoms with Crippen molar-refractivity contribution in [2.45, 2.75) is 150 Å². The zero-order valence-electron chi connectivity index (χ0n) is 51.1. The summed E-state index contributed by atoms with van der Waals surface area (Å²) >= 11 is 0. The van der Waals surface area contributed by atoms with Crippen molar-refractivity contribution in [3.8, 4) is 12.1 Å². The molecule has 0 saturated heterocycles. The van der Waals surface area contributed by atoms with Gasteiger partial charge in [-0.15, -0.1) is 0 Å². The number of methoxy groups -OCH3 is 1. The molecule has 30 heteroatoms. The molecule has 2 aliphatic carbocycles. The predicted octanol–water partition coefficient (Wildman–Crippen LogP) is 15.6. The molecule has 2 saturated carbocycles. The molecule has 0 unspecified atom stereocenters. The second-order valence-electron chi connectivity index (χ2n) is 22.8. The van der Waals surface area contributed by atoms with Crippen LogP contribution in [-0.2, 0) is 38.4 Å². The maximum absolute atomic E-state index is 14.9. The van der Waals surface area contributed by atoms with Gasteiger partial charge in [0.2, 0.25) is 0 Å². The molecule has 0 heterocycles. The number of carboxylic acids is 1. The number of ether oxygens (including phenoxy) is 1. The van der Waals surface area contributed by atoms with Gasteiger partial charge in [0.1, 0.15) is 47.2 Å². The highest BCUT2D eigenvalue weighted by molar-refractivity contribution is 6.00. The fraction of sp³-hybridized carbons (Fsp3) is 0.382. The first kappa shape index (κ1) is 83.4. The van der Waals surface area contributed by atoms with E-state index in [1.165, 1.54) is 36.4 Å². The van der Waals surface area contributed by atoms with Crippen molar-refractivity contribution in [3.63, 3.8) is 0 Å². The molecule has 6 aromatic rings. The fourth-order valence-corrected chi connectivity index (χ4v) is 8.96. The minimum Gasteiger partial charge on any atom is -0.480 e. The number of carboxylic acid groups (broad SMARTS) is 1. The van der Waals surface area contributed by atoms with E-state index in [1.54, 1.807) is 59.9 Å². The molecule has 0 amide bonds. The second-order valence-corrected chi connectivity index (χ2v) is 22.8. The standard InChI is InChI=1S/C24H22F6N2O.C19H17F6NO2.C12H15F2NO2.C8H4F4O.C4H6N2.CH4/c25-18-8-6-17(7-9-18)21(24(28,29)30)32-19(20(33)14-22(15-31)10-11-22)13-23(26,27)12-16-4-2-1-3-5-16;20-14-8-6-13(7-9-14)16(19(23,24)25)26-15(17(27)28)11-18(21,22)10-12-4-2-1-3-5-12;1-17-11(16)10(15)8-12(13,14)7-9-5-3-2-4-6-9;9-6-3-1-5(2-4-6)7(13)8(10,11)12;5-3-4(6)1-2-4;/h1-9,19,21,32H,10-14H2;1-9,15-16,26H,10-11H2,(H,27,28);2-6,10H,7-8,15H2,1H3;1-4H;1-2,6H2;1H4/t19-,21-;15-,16-;10-;;;/m000.../s1. The van der Waals surface area contributed by atoms with Gasteiger partial charge in [0, 0.05) is 50.5 Å². The molecule has 0 aliphatic heterocycles. The summed E-state index contributed by atoms with van der Waals surface area (Å²) in [4.78, 5) is 45.7. The lowest BCUT2D eigenvalue weighted by Crippen LogP contribution is -2.48. The summed E-state index contributed by atoms with van der Waals surface area (Å²) < 4.78 is 245. The summed E-state index contributed by atoms with van der Waals surface area (Å²) in [5.41, 5.74) is 8.75. The third-order valence-electron chi connectivity index (χ3n) is 14.4. The number of aliphatic carboxylic acids is 1. The van der Waals surface area contributed by atoms with Crippen LogP contribution in [-0.4, -0.2) is 95.7 Å². The fourth-order valence-electron chi connectivity index (χ4n) is 8.96. The number of esters is 1. The van der Waals surface area contributed by atoms with Crippen molar-refractivity contribution in [2.75, 3.05) is 7.11 Å². The number of carbonyl (C=O) groups excluding carboxylic acids is 3. The molecule has 0 aromatic heterocycles. The Hall–Kier alpha value is -8.84. The van der Waals surface area contributed by atoms with Crippen molar-refractivity contribution in [3.05, 3.63) is 215 Å². The van der Waals surface area contributed by atoms with Crippen molar-refractivity contribution >= 4 is 23.5 Å². The molecule has 12 nitrogen and oxygen atoms in total. The van der Waals surface area contributed by atoms with Crippen LogP contribution in [0.3, 0.4) is 0 Å². The van der Waals surface area contributed by atoms with E-state index in [1.807, 2.05) is 12.1 Å². The number of ketones is 2. The average molecular weight is 1410 g/mol. The van der Waals surface area contributed by atoms with Gasteiger partial charge in [-0.25, -0.2) is 39.5 Å². The minimum absolute atomic E-state index is 0. The van der Waals surface area contributed by atoms with Crippen LogP contribution < -0.4 is 22.1 Å². The van der Waals surface area contributed by atoms with E-state index in [4.69, 9.17) is 16.7 Å². The first-order chi connectivity index (χ1) is 45.0. The van der Waals surface area contributed by atoms with E-state index in [9.17, 15) is 109 Å². The molecular formula is C68H68F18N6O6.